The fourth-order valence-corrected chi connectivity index (χ4v) is 3.21. The second kappa shape index (κ2) is 16.0. The lowest BCUT2D eigenvalue weighted by Gasteiger charge is -2.05. The number of allylic oxidation sites excluding steroid dienone is 1. The summed E-state index contributed by atoms with van der Waals surface area (Å²) in [5, 5.41) is 8.22. The molecule has 0 bridgehead atoms. The van der Waals surface area contributed by atoms with E-state index in [1.807, 2.05) is 12.2 Å². The topological polar surface area (TPSA) is 71.4 Å². The predicted molar refractivity (Wildman–Crippen MR) is 96.6 cm³/mol. The Labute approximate surface area is 143 Å². The van der Waals surface area contributed by atoms with E-state index in [0.29, 0.717) is 0 Å². The number of aliphatic carboxylic acids is 1. The maximum absolute atomic E-state index is 11.3. The third kappa shape index (κ3) is 15.8. The molecule has 0 rings (SSSR count). The van der Waals surface area contributed by atoms with E-state index in [1.165, 1.54) is 19.3 Å². The largest absolute Gasteiger partial charge is 0.481 e. The average molecular weight is 347 g/mol. The van der Waals surface area contributed by atoms with Gasteiger partial charge in [-0.1, -0.05) is 70.4 Å². The van der Waals surface area contributed by atoms with Crippen molar-refractivity contribution in [1.82, 2.24) is 0 Å². The molecule has 0 saturated heterocycles. The van der Waals surface area contributed by atoms with Crippen molar-refractivity contribution in [2.45, 2.75) is 95.6 Å². The fourth-order valence-electron chi connectivity index (χ4n) is 2.55. The van der Waals surface area contributed by atoms with Gasteiger partial charge in [0.1, 0.15) is 10.7 Å². The third-order valence-corrected chi connectivity index (χ3v) is 4.97. The maximum atomic E-state index is 11.3. The van der Waals surface area contributed by atoms with Gasteiger partial charge in [0.15, 0.2) is 0 Å². The number of thiol groups is 1. The lowest BCUT2D eigenvalue weighted by atomic mass is 10.1. The SMILES string of the molecule is CCCCCCCC(/C=C/CCCCCCCC(=O)O)[SH](=O)=O. The van der Waals surface area contributed by atoms with Crippen molar-refractivity contribution in [3.8, 4) is 0 Å². The molecule has 5 heteroatoms. The average Bonchev–Trinajstić information content (AvgIpc) is 2.50. The first-order valence-corrected chi connectivity index (χ1v) is 10.3. The highest BCUT2D eigenvalue weighted by Gasteiger charge is 2.06. The van der Waals surface area contributed by atoms with Gasteiger partial charge in [-0.2, -0.15) is 0 Å². The highest BCUT2D eigenvalue weighted by molar-refractivity contribution is 7.73. The van der Waals surface area contributed by atoms with E-state index < -0.39 is 16.7 Å². The molecular formula is C18H34O4S. The Morgan fingerprint density at radius 1 is 0.957 bits per heavy atom. The van der Waals surface area contributed by atoms with Crippen molar-refractivity contribution >= 4 is 16.7 Å². The zero-order valence-corrected chi connectivity index (χ0v) is 15.4. The Morgan fingerprint density at radius 2 is 1.57 bits per heavy atom. The van der Waals surface area contributed by atoms with E-state index in [0.717, 1.165) is 57.8 Å². The molecule has 0 radical (unpaired) electrons. The van der Waals surface area contributed by atoms with E-state index in [2.05, 4.69) is 6.92 Å². The maximum Gasteiger partial charge on any atom is 0.303 e. The van der Waals surface area contributed by atoms with Crippen molar-refractivity contribution in [3.63, 3.8) is 0 Å². The second-order valence-electron chi connectivity index (χ2n) is 6.18. The summed E-state index contributed by atoms with van der Waals surface area (Å²) in [6.45, 7) is 2.17. The number of carboxylic acids is 1. The van der Waals surface area contributed by atoms with E-state index in [-0.39, 0.29) is 11.7 Å². The summed E-state index contributed by atoms with van der Waals surface area (Å²) in [4.78, 5) is 10.4. The van der Waals surface area contributed by atoms with Crippen LogP contribution in [0.5, 0.6) is 0 Å². The fraction of sp³-hybridized carbons (Fsp3) is 0.833. The molecule has 0 amide bonds. The van der Waals surface area contributed by atoms with Gasteiger partial charge >= 0.3 is 5.97 Å². The standard InChI is InChI=1S/C18H34O4S/c1-2-3-4-8-11-14-17(23(21)22)15-12-9-6-5-7-10-13-16-18(19)20/h12,15,17,23H,2-11,13-14,16H2,1H3,(H,19,20)/b15-12+. The van der Waals surface area contributed by atoms with Gasteiger partial charge in [0.25, 0.3) is 0 Å². The Hall–Kier alpha value is -0.840. The molecule has 23 heavy (non-hydrogen) atoms. The lowest BCUT2D eigenvalue weighted by Crippen LogP contribution is -2.05. The molecule has 0 aromatic heterocycles. The highest BCUT2D eigenvalue weighted by Crippen LogP contribution is 2.12. The van der Waals surface area contributed by atoms with Crippen LogP contribution in [0.2, 0.25) is 0 Å². The summed E-state index contributed by atoms with van der Waals surface area (Å²) in [5.41, 5.74) is 0. The molecule has 0 saturated carbocycles. The third-order valence-electron chi connectivity index (χ3n) is 3.99. The van der Waals surface area contributed by atoms with Crippen molar-refractivity contribution < 1.29 is 18.3 Å². The summed E-state index contributed by atoms with van der Waals surface area (Å²) in [6, 6.07) is 0. The van der Waals surface area contributed by atoms with Crippen molar-refractivity contribution in [3.05, 3.63) is 12.2 Å². The molecular weight excluding hydrogens is 312 g/mol. The molecule has 0 fully saturated rings. The van der Waals surface area contributed by atoms with Crippen LogP contribution >= 0.6 is 0 Å². The molecule has 0 aliphatic rings. The van der Waals surface area contributed by atoms with Crippen LogP contribution in [-0.2, 0) is 15.5 Å². The van der Waals surface area contributed by atoms with Crippen LogP contribution < -0.4 is 0 Å². The smallest absolute Gasteiger partial charge is 0.303 e. The first-order valence-electron chi connectivity index (χ1n) is 9.09. The van der Waals surface area contributed by atoms with Crippen LogP contribution in [-0.4, -0.2) is 24.7 Å². The Kier molecular flexibility index (Phi) is 15.4. The van der Waals surface area contributed by atoms with Crippen LogP contribution in [0.3, 0.4) is 0 Å². The number of hydrogen-bond donors (Lipinski definition) is 2. The molecule has 0 aliphatic carbocycles. The predicted octanol–water partition coefficient (Wildman–Crippen LogP) is 4.70. The molecule has 1 unspecified atom stereocenters. The molecule has 0 aromatic rings. The Balaban J connectivity index is 3.67. The molecule has 4 nitrogen and oxygen atoms in total. The quantitative estimate of drug-likeness (QED) is 0.241. The monoisotopic (exact) mass is 346 g/mol. The number of hydrogen-bond acceptors (Lipinski definition) is 3. The minimum Gasteiger partial charge on any atom is -0.481 e. The van der Waals surface area contributed by atoms with Crippen molar-refractivity contribution in [2.24, 2.45) is 0 Å². The van der Waals surface area contributed by atoms with Crippen LogP contribution in [0, 0.1) is 0 Å². The van der Waals surface area contributed by atoms with Crippen molar-refractivity contribution in [1.29, 1.82) is 0 Å². The number of rotatable bonds is 16. The molecule has 0 heterocycles. The lowest BCUT2D eigenvalue weighted by molar-refractivity contribution is -0.137. The molecule has 0 aromatic carbocycles. The van der Waals surface area contributed by atoms with E-state index in [1.54, 1.807) is 0 Å². The number of carbonyl (C=O) groups is 1. The minimum atomic E-state index is -2.37. The van der Waals surface area contributed by atoms with E-state index in [9.17, 15) is 13.2 Å². The highest BCUT2D eigenvalue weighted by atomic mass is 32.2. The van der Waals surface area contributed by atoms with Gasteiger partial charge in [0, 0.05) is 6.42 Å². The molecule has 0 aliphatic heterocycles. The van der Waals surface area contributed by atoms with Gasteiger partial charge in [-0.25, -0.2) is 8.42 Å². The molecule has 0 spiro atoms. The Morgan fingerprint density at radius 3 is 2.22 bits per heavy atom. The zero-order valence-electron chi connectivity index (χ0n) is 14.5. The van der Waals surface area contributed by atoms with Gasteiger partial charge < -0.3 is 5.11 Å². The first kappa shape index (κ1) is 22.2. The number of unbranched alkanes of at least 4 members (excludes halogenated alkanes) is 9. The van der Waals surface area contributed by atoms with Crippen LogP contribution in [0.1, 0.15) is 90.4 Å². The summed E-state index contributed by atoms with van der Waals surface area (Å²) < 4.78 is 22.5. The van der Waals surface area contributed by atoms with Gasteiger partial charge in [0.05, 0.1) is 5.25 Å². The van der Waals surface area contributed by atoms with Crippen LogP contribution in [0.25, 0.3) is 0 Å². The molecule has 1 N–H and O–H groups in total. The normalized spacial score (nSPS) is 13.0. The summed E-state index contributed by atoms with van der Waals surface area (Å²) in [5.74, 6) is -0.722. The van der Waals surface area contributed by atoms with Crippen LogP contribution in [0.15, 0.2) is 12.2 Å². The molecule has 1 atom stereocenters. The first-order chi connectivity index (χ1) is 11.1. The zero-order chi connectivity index (χ0) is 17.3. The minimum absolute atomic E-state index is 0.260. The van der Waals surface area contributed by atoms with Gasteiger partial charge in [-0.15, -0.1) is 0 Å². The molecule has 136 valence electrons. The van der Waals surface area contributed by atoms with Gasteiger partial charge in [-0.05, 0) is 25.7 Å². The van der Waals surface area contributed by atoms with E-state index in [4.69, 9.17) is 5.11 Å². The van der Waals surface area contributed by atoms with Crippen LogP contribution in [0.4, 0.5) is 0 Å². The van der Waals surface area contributed by atoms with Crippen molar-refractivity contribution in [2.75, 3.05) is 0 Å². The Bertz CT molecular complexity index is 380. The summed E-state index contributed by atoms with van der Waals surface area (Å²) >= 11 is 0. The number of carboxylic acid groups (broad SMARTS) is 1. The summed E-state index contributed by atoms with van der Waals surface area (Å²) in [7, 11) is -2.37. The van der Waals surface area contributed by atoms with Gasteiger partial charge in [0.2, 0.25) is 0 Å². The van der Waals surface area contributed by atoms with E-state index >= 15 is 0 Å². The second-order valence-corrected chi connectivity index (χ2v) is 7.42. The summed E-state index contributed by atoms with van der Waals surface area (Å²) in [6.07, 6.45) is 16.4. The van der Waals surface area contributed by atoms with Gasteiger partial charge in [-0.3, -0.25) is 4.79 Å².